The van der Waals surface area contributed by atoms with E-state index in [9.17, 15) is 20.1 Å². The number of esters is 1. The van der Waals surface area contributed by atoms with Crippen LogP contribution in [0.5, 0.6) is 17.2 Å². The van der Waals surface area contributed by atoms with Crippen LogP contribution in [0.2, 0.25) is 0 Å². The number of hydrazone groups is 1. The quantitative estimate of drug-likeness (QED) is 0.274. The molecule has 122 valence electrons. The van der Waals surface area contributed by atoms with Crippen LogP contribution >= 0.6 is 11.3 Å². The molecule has 9 heteroatoms. The molecule has 0 unspecified atom stereocenters. The monoisotopic (exact) mass is 337 g/mol. The van der Waals surface area contributed by atoms with E-state index in [1.807, 2.05) is 0 Å². The van der Waals surface area contributed by atoms with Crippen LogP contribution in [0.4, 0.5) is 5.13 Å². The molecule has 0 spiro atoms. The lowest BCUT2D eigenvalue weighted by Crippen LogP contribution is -2.07. The molecule has 1 aromatic heterocycles. The van der Waals surface area contributed by atoms with E-state index in [1.54, 1.807) is 12.3 Å². The molecule has 4 N–H and O–H groups in total. The van der Waals surface area contributed by atoms with Crippen molar-refractivity contribution in [2.75, 3.05) is 12.0 Å². The van der Waals surface area contributed by atoms with E-state index in [-0.39, 0.29) is 18.0 Å². The van der Waals surface area contributed by atoms with Gasteiger partial charge < -0.3 is 20.1 Å². The first-order chi connectivity index (χ1) is 11.0. The number of hydrogen-bond donors (Lipinski definition) is 4. The standard InChI is InChI=1S/C14H15N3O5S/c1-2-22-11(19)5-9-7-23-14(16-9)17-15-6-8-3-4-10(18)13(21)12(8)20/h3-4,6-7,18,20-21H,2,5H2,1H3,(H,16,17). The largest absolute Gasteiger partial charge is 0.504 e. The van der Waals surface area contributed by atoms with Crippen molar-refractivity contribution in [3.05, 3.63) is 28.8 Å². The predicted molar refractivity (Wildman–Crippen MR) is 85.1 cm³/mol. The van der Waals surface area contributed by atoms with Crippen LogP contribution < -0.4 is 5.43 Å². The highest BCUT2D eigenvalue weighted by Gasteiger charge is 2.10. The molecule has 2 rings (SSSR count). The molecule has 0 radical (unpaired) electrons. The van der Waals surface area contributed by atoms with Gasteiger partial charge in [-0.3, -0.25) is 10.2 Å². The van der Waals surface area contributed by atoms with Crippen molar-refractivity contribution in [1.29, 1.82) is 0 Å². The van der Waals surface area contributed by atoms with Crippen molar-refractivity contribution in [2.24, 2.45) is 5.10 Å². The maximum atomic E-state index is 11.3. The van der Waals surface area contributed by atoms with Gasteiger partial charge >= 0.3 is 5.97 Å². The van der Waals surface area contributed by atoms with Gasteiger partial charge in [-0.25, -0.2) is 4.98 Å². The van der Waals surface area contributed by atoms with E-state index in [0.29, 0.717) is 17.4 Å². The molecule has 1 heterocycles. The summed E-state index contributed by atoms with van der Waals surface area (Å²) in [6.07, 6.45) is 1.35. The lowest BCUT2D eigenvalue weighted by molar-refractivity contribution is -0.142. The van der Waals surface area contributed by atoms with Crippen molar-refractivity contribution in [2.45, 2.75) is 13.3 Å². The summed E-state index contributed by atoms with van der Waals surface area (Å²) in [7, 11) is 0. The summed E-state index contributed by atoms with van der Waals surface area (Å²) >= 11 is 1.26. The zero-order valence-electron chi connectivity index (χ0n) is 12.2. The summed E-state index contributed by atoms with van der Waals surface area (Å²) in [6, 6.07) is 2.63. The number of thiazole rings is 1. The first-order valence-electron chi connectivity index (χ1n) is 6.64. The normalized spacial score (nSPS) is 10.8. The lowest BCUT2D eigenvalue weighted by Gasteiger charge is -2.03. The Labute approximate surface area is 135 Å². The molecule has 0 amide bonds. The van der Waals surface area contributed by atoms with Crippen LogP contribution in [-0.2, 0) is 16.0 Å². The number of anilines is 1. The minimum Gasteiger partial charge on any atom is -0.504 e. The number of rotatable bonds is 6. The molecule has 0 fully saturated rings. The van der Waals surface area contributed by atoms with Crippen molar-refractivity contribution in [1.82, 2.24) is 4.98 Å². The average Bonchev–Trinajstić information content (AvgIpc) is 2.95. The van der Waals surface area contributed by atoms with Crippen LogP contribution in [-0.4, -0.2) is 39.1 Å². The fraction of sp³-hybridized carbons (Fsp3) is 0.214. The van der Waals surface area contributed by atoms with Gasteiger partial charge in [0.15, 0.2) is 11.5 Å². The zero-order chi connectivity index (χ0) is 16.8. The molecule has 0 aliphatic rings. The second-order valence-corrected chi connectivity index (χ2v) is 5.23. The lowest BCUT2D eigenvalue weighted by atomic mass is 10.2. The molecular weight excluding hydrogens is 322 g/mol. The number of aromatic nitrogens is 1. The van der Waals surface area contributed by atoms with Gasteiger partial charge in [-0.05, 0) is 19.1 Å². The fourth-order valence-corrected chi connectivity index (χ4v) is 2.30. The smallest absolute Gasteiger partial charge is 0.311 e. The number of hydrogen-bond acceptors (Lipinski definition) is 9. The second kappa shape index (κ2) is 7.45. The van der Waals surface area contributed by atoms with Gasteiger partial charge in [-0.15, -0.1) is 11.3 Å². The predicted octanol–water partition coefficient (Wildman–Crippen LogP) is 1.81. The number of aromatic hydroxyl groups is 3. The summed E-state index contributed by atoms with van der Waals surface area (Å²) in [5.74, 6) is -1.86. The van der Waals surface area contributed by atoms with Crippen LogP contribution in [0.15, 0.2) is 22.6 Å². The molecule has 0 atom stereocenters. The Morgan fingerprint density at radius 3 is 2.91 bits per heavy atom. The second-order valence-electron chi connectivity index (χ2n) is 4.37. The highest BCUT2D eigenvalue weighted by molar-refractivity contribution is 7.13. The molecule has 0 saturated carbocycles. The number of carbonyl (C=O) groups excluding carboxylic acids is 1. The zero-order valence-corrected chi connectivity index (χ0v) is 13.0. The summed E-state index contributed by atoms with van der Waals surface area (Å²) in [4.78, 5) is 15.5. The van der Waals surface area contributed by atoms with Gasteiger partial charge in [0.2, 0.25) is 10.9 Å². The minimum atomic E-state index is -0.611. The molecule has 0 saturated heterocycles. The summed E-state index contributed by atoms with van der Waals surface area (Å²) < 4.78 is 4.83. The molecule has 0 aliphatic carbocycles. The SMILES string of the molecule is CCOC(=O)Cc1csc(NN=Cc2ccc(O)c(O)c2O)n1. The maximum absolute atomic E-state index is 11.3. The highest BCUT2D eigenvalue weighted by Crippen LogP contribution is 2.36. The highest BCUT2D eigenvalue weighted by atomic mass is 32.1. The number of carbonyl (C=O) groups is 1. The Kier molecular flexibility index (Phi) is 5.36. The van der Waals surface area contributed by atoms with E-state index in [1.165, 1.54) is 29.7 Å². The van der Waals surface area contributed by atoms with Crippen LogP contribution in [0.1, 0.15) is 18.2 Å². The molecule has 0 bridgehead atoms. The molecule has 2 aromatic rings. The Morgan fingerprint density at radius 2 is 2.17 bits per heavy atom. The van der Waals surface area contributed by atoms with Gasteiger partial charge in [-0.2, -0.15) is 5.10 Å². The summed E-state index contributed by atoms with van der Waals surface area (Å²) in [5, 5.41) is 34.3. The first-order valence-corrected chi connectivity index (χ1v) is 7.52. The van der Waals surface area contributed by atoms with Gasteiger partial charge in [-0.1, -0.05) is 0 Å². The van der Waals surface area contributed by atoms with Crippen molar-refractivity contribution >= 4 is 28.7 Å². The molecule has 0 aliphatic heterocycles. The van der Waals surface area contributed by atoms with E-state index in [0.717, 1.165) is 0 Å². The topological polar surface area (TPSA) is 124 Å². The first kappa shape index (κ1) is 16.6. The number of nitrogens with one attached hydrogen (secondary N) is 1. The minimum absolute atomic E-state index is 0.0857. The van der Waals surface area contributed by atoms with Crippen LogP contribution in [0.25, 0.3) is 0 Å². The number of nitrogens with zero attached hydrogens (tertiary/aromatic N) is 2. The Bertz CT molecular complexity index is 729. The number of benzene rings is 1. The molecule has 1 aromatic carbocycles. The third-order valence-electron chi connectivity index (χ3n) is 2.71. The van der Waals surface area contributed by atoms with E-state index in [4.69, 9.17) is 4.74 Å². The van der Waals surface area contributed by atoms with Gasteiger partial charge in [0.05, 0.1) is 24.9 Å². The van der Waals surface area contributed by atoms with Crippen LogP contribution in [0.3, 0.4) is 0 Å². The van der Waals surface area contributed by atoms with Crippen LogP contribution in [0, 0.1) is 0 Å². The molecule has 23 heavy (non-hydrogen) atoms. The third-order valence-corrected chi connectivity index (χ3v) is 3.50. The van der Waals surface area contributed by atoms with Crippen molar-refractivity contribution in [3.63, 3.8) is 0 Å². The Balaban J connectivity index is 1.97. The Morgan fingerprint density at radius 1 is 1.39 bits per heavy atom. The Hall–Kier alpha value is -2.81. The summed E-state index contributed by atoms with van der Waals surface area (Å²) in [6.45, 7) is 2.05. The van der Waals surface area contributed by atoms with E-state index < -0.39 is 17.2 Å². The number of ether oxygens (including phenoxy) is 1. The fourth-order valence-electron chi connectivity index (χ4n) is 1.65. The van der Waals surface area contributed by atoms with Crippen molar-refractivity contribution in [3.8, 4) is 17.2 Å². The number of phenolic OH excluding ortho intramolecular Hbond substituents is 3. The summed E-state index contributed by atoms with van der Waals surface area (Å²) in [5.41, 5.74) is 3.43. The van der Waals surface area contributed by atoms with Gasteiger partial charge in [0.1, 0.15) is 0 Å². The van der Waals surface area contributed by atoms with Crippen molar-refractivity contribution < 1.29 is 24.9 Å². The maximum Gasteiger partial charge on any atom is 0.311 e. The average molecular weight is 337 g/mol. The third kappa shape index (κ3) is 4.33. The molecule has 8 nitrogen and oxygen atoms in total. The van der Waals surface area contributed by atoms with E-state index in [2.05, 4.69) is 15.5 Å². The number of phenols is 3. The van der Waals surface area contributed by atoms with Gasteiger partial charge in [0.25, 0.3) is 0 Å². The van der Waals surface area contributed by atoms with E-state index >= 15 is 0 Å². The molecular formula is C14H15N3O5S. The van der Waals surface area contributed by atoms with Gasteiger partial charge in [0, 0.05) is 10.9 Å².